The summed E-state index contributed by atoms with van der Waals surface area (Å²) >= 11 is 0. The molecule has 0 aliphatic carbocycles. The lowest BCUT2D eigenvalue weighted by Gasteiger charge is -2.02. The Bertz CT molecular complexity index is 515. The fraction of sp³-hybridized carbons (Fsp3) is 0.500. The van der Waals surface area contributed by atoms with Gasteiger partial charge in [-0.15, -0.1) is 0 Å². The molecule has 2 rings (SSSR count). The third kappa shape index (κ3) is 7.45. The minimum Gasteiger partial charge on any atom is -0.205 e. The molecule has 0 radical (unpaired) electrons. The van der Waals surface area contributed by atoms with Crippen LogP contribution in [-0.4, -0.2) is 0 Å². The van der Waals surface area contributed by atoms with Gasteiger partial charge >= 0.3 is 0 Å². The van der Waals surface area contributed by atoms with Gasteiger partial charge in [-0.3, -0.25) is 0 Å². The Kier molecular flexibility index (Phi) is 8.47. The van der Waals surface area contributed by atoms with Crippen molar-refractivity contribution in [2.75, 3.05) is 0 Å². The monoisotopic (exact) mass is 310 g/mol. The van der Waals surface area contributed by atoms with Crippen LogP contribution in [0.2, 0.25) is 0 Å². The Balaban J connectivity index is 1.62. The van der Waals surface area contributed by atoms with Crippen molar-refractivity contribution in [1.29, 1.82) is 0 Å². The van der Waals surface area contributed by atoms with Crippen LogP contribution < -0.4 is 4.57 Å². The molecule has 124 valence electrons. The molecule has 0 bridgehead atoms. The molecule has 0 unspecified atom stereocenters. The second-order valence-corrected chi connectivity index (χ2v) is 6.55. The quantitative estimate of drug-likeness (QED) is 0.380. The molecule has 1 aromatic carbocycles. The molecule has 1 heteroatoms. The van der Waals surface area contributed by atoms with E-state index in [-0.39, 0.29) is 0 Å². The molecular weight excluding hydrogens is 278 g/mol. The number of pyridine rings is 1. The van der Waals surface area contributed by atoms with Gasteiger partial charge in [-0.05, 0) is 30.4 Å². The maximum atomic E-state index is 2.31. The maximum absolute atomic E-state index is 2.31. The summed E-state index contributed by atoms with van der Waals surface area (Å²) in [6, 6.07) is 15.4. The van der Waals surface area contributed by atoms with Crippen molar-refractivity contribution in [2.24, 2.45) is 0 Å². The fourth-order valence-electron chi connectivity index (χ4n) is 3.02. The van der Waals surface area contributed by atoms with Gasteiger partial charge in [-0.2, -0.15) is 0 Å². The first-order valence-corrected chi connectivity index (χ1v) is 9.40. The first-order chi connectivity index (χ1) is 11.4. The lowest BCUT2D eigenvalue weighted by molar-refractivity contribution is -0.697. The molecule has 0 fully saturated rings. The number of aromatic nitrogens is 1. The molecule has 0 atom stereocenters. The summed E-state index contributed by atoms with van der Waals surface area (Å²) < 4.78 is 2.31. The first-order valence-electron chi connectivity index (χ1n) is 9.40. The van der Waals surface area contributed by atoms with Gasteiger partial charge in [0.2, 0.25) is 0 Å². The van der Waals surface area contributed by atoms with Crippen LogP contribution >= 0.6 is 0 Å². The van der Waals surface area contributed by atoms with E-state index in [0.717, 1.165) is 13.0 Å². The SMILES string of the molecule is CCCCCCCCc1cc[n+](CCCc2ccccc2)cc1. The van der Waals surface area contributed by atoms with Crippen LogP contribution in [0.3, 0.4) is 0 Å². The van der Waals surface area contributed by atoms with Gasteiger partial charge in [0.1, 0.15) is 6.54 Å². The Morgan fingerprint density at radius 2 is 1.26 bits per heavy atom. The molecule has 1 heterocycles. The van der Waals surface area contributed by atoms with E-state index in [2.05, 4.69) is 66.3 Å². The van der Waals surface area contributed by atoms with Crippen LogP contribution in [0.1, 0.15) is 63.0 Å². The lowest BCUT2D eigenvalue weighted by atomic mass is 10.1. The van der Waals surface area contributed by atoms with Crippen LogP contribution in [0, 0.1) is 0 Å². The second kappa shape index (κ2) is 11.0. The molecular formula is C22H32N+. The Morgan fingerprint density at radius 3 is 2.00 bits per heavy atom. The van der Waals surface area contributed by atoms with Gasteiger partial charge in [0, 0.05) is 18.6 Å². The van der Waals surface area contributed by atoms with Gasteiger partial charge in [0.05, 0.1) is 0 Å². The molecule has 0 N–H and O–H groups in total. The van der Waals surface area contributed by atoms with Gasteiger partial charge in [-0.25, -0.2) is 4.57 Å². The highest BCUT2D eigenvalue weighted by atomic mass is 14.9. The van der Waals surface area contributed by atoms with Crippen LogP contribution in [0.25, 0.3) is 0 Å². The van der Waals surface area contributed by atoms with Crippen molar-refractivity contribution in [1.82, 2.24) is 0 Å². The standard InChI is InChI=1S/C22H32N/c1-2-3-4-5-6-8-14-22-16-19-23(20-17-22)18-11-15-21-12-9-7-10-13-21/h7,9-10,12-13,16-17,19-20H,2-6,8,11,14-15,18H2,1H3/q+1. The topological polar surface area (TPSA) is 3.88 Å². The van der Waals surface area contributed by atoms with Crippen molar-refractivity contribution in [2.45, 2.75) is 71.3 Å². The minimum absolute atomic E-state index is 1.10. The van der Waals surface area contributed by atoms with Crippen molar-refractivity contribution < 1.29 is 4.57 Å². The summed E-state index contributed by atoms with van der Waals surface area (Å²) in [5, 5.41) is 0. The number of aryl methyl sites for hydroxylation is 3. The average Bonchev–Trinajstić information content (AvgIpc) is 2.60. The fourth-order valence-corrected chi connectivity index (χ4v) is 3.02. The van der Waals surface area contributed by atoms with E-state index in [1.54, 1.807) is 0 Å². The molecule has 1 aromatic heterocycles. The van der Waals surface area contributed by atoms with E-state index in [1.807, 2.05) is 0 Å². The van der Waals surface area contributed by atoms with Crippen molar-refractivity contribution in [3.05, 3.63) is 66.0 Å². The van der Waals surface area contributed by atoms with Crippen LogP contribution in [0.4, 0.5) is 0 Å². The first kappa shape index (κ1) is 17.7. The van der Waals surface area contributed by atoms with Crippen LogP contribution in [0.15, 0.2) is 54.9 Å². The van der Waals surface area contributed by atoms with E-state index >= 15 is 0 Å². The molecule has 1 nitrogen and oxygen atoms in total. The number of benzene rings is 1. The van der Waals surface area contributed by atoms with Crippen molar-refractivity contribution in [3.63, 3.8) is 0 Å². The largest absolute Gasteiger partial charge is 0.205 e. The number of hydrogen-bond acceptors (Lipinski definition) is 0. The molecule has 0 aliphatic heterocycles. The van der Waals surface area contributed by atoms with E-state index in [0.29, 0.717) is 0 Å². The third-order valence-electron chi connectivity index (χ3n) is 4.50. The maximum Gasteiger partial charge on any atom is 0.169 e. The van der Waals surface area contributed by atoms with E-state index in [4.69, 9.17) is 0 Å². The Morgan fingerprint density at radius 1 is 0.652 bits per heavy atom. The predicted molar refractivity (Wildman–Crippen MR) is 98.5 cm³/mol. The highest BCUT2D eigenvalue weighted by Gasteiger charge is 2.02. The zero-order valence-corrected chi connectivity index (χ0v) is 14.7. The number of unbranched alkanes of at least 4 members (excludes halogenated alkanes) is 5. The van der Waals surface area contributed by atoms with E-state index < -0.39 is 0 Å². The number of hydrogen-bond donors (Lipinski definition) is 0. The molecule has 0 spiro atoms. The molecule has 23 heavy (non-hydrogen) atoms. The zero-order valence-electron chi connectivity index (χ0n) is 14.7. The molecule has 0 saturated heterocycles. The summed E-state index contributed by atoms with van der Waals surface area (Å²) in [4.78, 5) is 0. The van der Waals surface area contributed by atoms with Crippen molar-refractivity contribution >= 4 is 0 Å². The Labute approximate surface area is 142 Å². The second-order valence-electron chi connectivity index (χ2n) is 6.55. The third-order valence-corrected chi connectivity index (χ3v) is 4.50. The zero-order chi connectivity index (χ0) is 16.2. The van der Waals surface area contributed by atoms with Crippen LogP contribution in [0.5, 0.6) is 0 Å². The molecule has 2 aromatic rings. The summed E-state index contributed by atoms with van der Waals surface area (Å²) in [5.74, 6) is 0. The van der Waals surface area contributed by atoms with Gasteiger partial charge in [0.15, 0.2) is 12.4 Å². The summed E-state index contributed by atoms with van der Waals surface area (Å²) in [6.07, 6.45) is 16.3. The van der Waals surface area contributed by atoms with E-state index in [1.165, 1.54) is 62.5 Å². The highest BCUT2D eigenvalue weighted by Crippen LogP contribution is 2.09. The predicted octanol–water partition coefficient (Wildman–Crippen LogP) is 5.51. The smallest absolute Gasteiger partial charge is 0.169 e. The molecule has 0 saturated carbocycles. The highest BCUT2D eigenvalue weighted by molar-refractivity contribution is 5.14. The number of nitrogens with zero attached hydrogens (tertiary/aromatic N) is 1. The van der Waals surface area contributed by atoms with Gasteiger partial charge in [0.25, 0.3) is 0 Å². The Hall–Kier alpha value is -1.63. The summed E-state index contributed by atoms with van der Waals surface area (Å²) in [6.45, 7) is 3.38. The van der Waals surface area contributed by atoms with Crippen LogP contribution in [-0.2, 0) is 19.4 Å². The molecule has 0 amide bonds. The van der Waals surface area contributed by atoms with Crippen molar-refractivity contribution in [3.8, 4) is 0 Å². The van der Waals surface area contributed by atoms with E-state index in [9.17, 15) is 0 Å². The summed E-state index contributed by atoms with van der Waals surface area (Å²) in [5.41, 5.74) is 2.92. The van der Waals surface area contributed by atoms with Gasteiger partial charge in [-0.1, -0.05) is 69.4 Å². The van der Waals surface area contributed by atoms with Gasteiger partial charge < -0.3 is 0 Å². The minimum atomic E-state index is 1.10. The normalized spacial score (nSPS) is 10.8. The summed E-state index contributed by atoms with van der Waals surface area (Å²) in [7, 11) is 0. The number of rotatable bonds is 11. The molecule has 0 aliphatic rings. The lowest BCUT2D eigenvalue weighted by Crippen LogP contribution is -2.32. The average molecular weight is 311 g/mol.